The molecule has 0 saturated carbocycles. The van der Waals surface area contributed by atoms with E-state index in [1.54, 1.807) is 0 Å². The van der Waals surface area contributed by atoms with Gasteiger partial charge in [0.05, 0.1) is 32.0 Å². The first-order valence-electron chi connectivity index (χ1n) is 14.3. The minimum atomic E-state index is -1.44. The highest BCUT2D eigenvalue weighted by Gasteiger charge is 2.49. The number of hydrogen-bond donors (Lipinski definition) is 6. The Kier molecular flexibility index (Phi) is 15.5. The summed E-state index contributed by atoms with van der Waals surface area (Å²) in [6.45, 7) is 5.03. The highest BCUT2D eigenvalue weighted by molar-refractivity contribution is 5.73. The standard InChI is InChI=1S/C27H51NO10/c1-4-5-6-7-8-9-10-11-12-17(2)16-35-26-22(28-18(3)31)24(34)25(21(15-30)37-26)38-27-23(33)20(32)13-19(14-29)36-27/h17,19-27,29-30,32-34H,4-16H2,1-3H3,(H,28,31)/t17?,19?,20-,21?,22?,23?,24?,25?,26?,27?/m1/s1. The molecule has 1 amide bonds. The minimum absolute atomic E-state index is 0.0201. The zero-order chi connectivity index (χ0) is 28.1. The molecule has 38 heavy (non-hydrogen) atoms. The van der Waals surface area contributed by atoms with Gasteiger partial charge >= 0.3 is 0 Å². The van der Waals surface area contributed by atoms with Crippen LogP contribution in [-0.4, -0.2) is 107 Å². The lowest BCUT2D eigenvalue weighted by Gasteiger charge is -2.46. The first-order valence-corrected chi connectivity index (χ1v) is 14.3. The third kappa shape index (κ3) is 10.6. The average molecular weight is 550 g/mol. The molecule has 2 fully saturated rings. The van der Waals surface area contributed by atoms with E-state index in [0.29, 0.717) is 6.61 Å². The van der Waals surface area contributed by atoms with E-state index in [-0.39, 0.29) is 12.3 Å². The molecule has 224 valence electrons. The fourth-order valence-electron chi connectivity index (χ4n) is 5.04. The molecule has 11 heteroatoms. The van der Waals surface area contributed by atoms with Crippen LogP contribution in [0, 0.1) is 5.92 Å². The van der Waals surface area contributed by atoms with E-state index in [9.17, 15) is 30.3 Å². The molecule has 9 unspecified atom stereocenters. The molecule has 2 heterocycles. The fraction of sp³-hybridized carbons (Fsp3) is 0.963. The quantitative estimate of drug-likeness (QED) is 0.144. The van der Waals surface area contributed by atoms with Gasteiger partial charge in [-0.05, 0) is 12.3 Å². The van der Waals surface area contributed by atoms with E-state index in [0.717, 1.165) is 12.8 Å². The van der Waals surface area contributed by atoms with Crippen LogP contribution in [0.4, 0.5) is 0 Å². The third-order valence-electron chi connectivity index (χ3n) is 7.32. The molecule has 0 bridgehead atoms. The predicted molar refractivity (Wildman–Crippen MR) is 139 cm³/mol. The van der Waals surface area contributed by atoms with Crippen LogP contribution in [0.15, 0.2) is 0 Å². The van der Waals surface area contributed by atoms with Crippen molar-refractivity contribution in [2.45, 2.75) is 140 Å². The Morgan fingerprint density at radius 1 is 0.947 bits per heavy atom. The summed E-state index contributed by atoms with van der Waals surface area (Å²) >= 11 is 0. The molecule has 2 aliphatic heterocycles. The van der Waals surface area contributed by atoms with Crippen molar-refractivity contribution in [2.75, 3.05) is 19.8 Å². The normalized spacial score (nSPS) is 34.7. The lowest BCUT2D eigenvalue weighted by molar-refractivity contribution is -0.336. The van der Waals surface area contributed by atoms with E-state index in [1.165, 1.54) is 51.9 Å². The summed E-state index contributed by atoms with van der Waals surface area (Å²) < 4.78 is 23.2. The summed E-state index contributed by atoms with van der Waals surface area (Å²) in [5, 5.41) is 53.6. The van der Waals surface area contributed by atoms with E-state index in [4.69, 9.17) is 18.9 Å². The molecule has 2 aliphatic rings. The van der Waals surface area contributed by atoms with Crippen molar-refractivity contribution in [3.05, 3.63) is 0 Å². The maximum Gasteiger partial charge on any atom is 0.217 e. The molecular formula is C27H51NO10. The summed E-state index contributed by atoms with van der Waals surface area (Å²) in [5.41, 5.74) is 0. The van der Waals surface area contributed by atoms with E-state index in [2.05, 4.69) is 19.2 Å². The summed E-state index contributed by atoms with van der Waals surface area (Å²) in [4.78, 5) is 11.9. The van der Waals surface area contributed by atoms with Gasteiger partial charge in [0.1, 0.15) is 30.5 Å². The number of carbonyl (C=O) groups is 1. The zero-order valence-electron chi connectivity index (χ0n) is 23.2. The van der Waals surface area contributed by atoms with Crippen LogP contribution in [-0.2, 0) is 23.7 Å². The Hall–Kier alpha value is -0.890. The lowest BCUT2D eigenvalue weighted by atomic mass is 9.95. The van der Waals surface area contributed by atoms with E-state index >= 15 is 0 Å². The Balaban J connectivity index is 1.92. The number of amides is 1. The Bertz CT molecular complexity index is 655. The van der Waals surface area contributed by atoms with Gasteiger partial charge in [-0.15, -0.1) is 0 Å². The summed E-state index contributed by atoms with van der Waals surface area (Å²) in [7, 11) is 0. The van der Waals surface area contributed by atoms with Crippen LogP contribution in [0.1, 0.15) is 85.0 Å². The van der Waals surface area contributed by atoms with Crippen LogP contribution in [0.2, 0.25) is 0 Å². The molecule has 0 spiro atoms. The van der Waals surface area contributed by atoms with Gasteiger partial charge in [0.15, 0.2) is 12.6 Å². The number of aliphatic hydroxyl groups is 5. The first-order chi connectivity index (χ1) is 18.2. The lowest BCUT2D eigenvalue weighted by Crippen LogP contribution is -2.66. The third-order valence-corrected chi connectivity index (χ3v) is 7.32. The van der Waals surface area contributed by atoms with Gasteiger partial charge in [-0.3, -0.25) is 4.79 Å². The van der Waals surface area contributed by atoms with E-state index in [1.807, 2.05) is 0 Å². The van der Waals surface area contributed by atoms with Crippen molar-refractivity contribution in [1.29, 1.82) is 0 Å². The number of nitrogens with one attached hydrogen (secondary N) is 1. The van der Waals surface area contributed by atoms with Gasteiger partial charge in [-0.2, -0.15) is 0 Å². The first kappa shape index (κ1) is 33.3. The van der Waals surface area contributed by atoms with Crippen LogP contribution < -0.4 is 5.32 Å². The molecule has 0 aliphatic carbocycles. The largest absolute Gasteiger partial charge is 0.394 e. The second-order valence-corrected chi connectivity index (χ2v) is 10.8. The number of aliphatic hydroxyl groups excluding tert-OH is 5. The molecule has 0 aromatic carbocycles. The molecular weight excluding hydrogens is 498 g/mol. The minimum Gasteiger partial charge on any atom is -0.394 e. The number of carbonyl (C=O) groups excluding carboxylic acids is 1. The molecule has 2 rings (SSSR count). The van der Waals surface area contributed by atoms with Crippen LogP contribution in [0.3, 0.4) is 0 Å². The molecule has 10 atom stereocenters. The highest BCUT2D eigenvalue weighted by atomic mass is 16.7. The van der Waals surface area contributed by atoms with Gasteiger partial charge in [0.2, 0.25) is 5.91 Å². The number of rotatable bonds is 17. The van der Waals surface area contributed by atoms with Crippen molar-refractivity contribution >= 4 is 5.91 Å². The Labute approximate surface area is 226 Å². The Morgan fingerprint density at radius 2 is 1.61 bits per heavy atom. The molecule has 2 saturated heterocycles. The maximum atomic E-state index is 11.9. The Morgan fingerprint density at radius 3 is 2.21 bits per heavy atom. The second-order valence-electron chi connectivity index (χ2n) is 10.8. The molecule has 0 aromatic rings. The fourth-order valence-corrected chi connectivity index (χ4v) is 5.04. The predicted octanol–water partition coefficient (Wildman–Crippen LogP) is 0.967. The zero-order valence-corrected chi connectivity index (χ0v) is 23.2. The summed E-state index contributed by atoms with van der Waals surface area (Å²) in [6, 6.07) is -1.00. The molecule has 0 aromatic heterocycles. The van der Waals surface area contributed by atoms with Crippen molar-refractivity contribution in [3.8, 4) is 0 Å². The smallest absolute Gasteiger partial charge is 0.217 e. The second kappa shape index (κ2) is 17.7. The van der Waals surface area contributed by atoms with Gasteiger partial charge < -0.3 is 49.8 Å². The van der Waals surface area contributed by atoms with Gasteiger partial charge in [-0.25, -0.2) is 0 Å². The summed E-state index contributed by atoms with van der Waals surface area (Å²) in [6.07, 6.45) is 1.49. The molecule has 11 nitrogen and oxygen atoms in total. The SMILES string of the molecule is CCCCCCCCCCC(C)COC1OC(CO)C(OC2OC(CO)C[C@@H](O)C2O)C(O)C1NC(C)=O. The van der Waals surface area contributed by atoms with Crippen LogP contribution in [0.5, 0.6) is 0 Å². The van der Waals surface area contributed by atoms with Crippen LogP contribution in [0.25, 0.3) is 0 Å². The number of hydrogen-bond acceptors (Lipinski definition) is 10. The van der Waals surface area contributed by atoms with Gasteiger partial charge in [0, 0.05) is 13.3 Å². The molecule has 6 N–H and O–H groups in total. The van der Waals surface area contributed by atoms with Crippen molar-refractivity contribution in [3.63, 3.8) is 0 Å². The van der Waals surface area contributed by atoms with Gasteiger partial charge in [0.25, 0.3) is 0 Å². The molecule has 0 radical (unpaired) electrons. The maximum absolute atomic E-state index is 11.9. The van der Waals surface area contributed by atoms with Gasteiger partial charge in [-0.1, -0.05) is 65.2 Å². The van der Waals surface area contributed by atoms with Crippen molar-refractivity contribution in [2.24, 2.45) is 5.92 Å². The monoisotopic (exact) mass is 549 g/mol. The van der Waals surface area contributed by atoms with Crippen molar-refractivity contribution in [1.82, 2.24) is 5.32 Å². The summed E-state index contributed by atoms with van der Waals surface area (Å²) in [5.74, 6) is -0.179. The topological polar surface area (TPSA) is 167 Å². The highest BCUT2D eigenvalue weighted by Crippen LogP contribution is 2.30. The number of unbranched alkanes of at least 4 members (excludes halogenated alkanes) is 7. The van der Waals surface area contributed by atoms with Crippen LogP contribution >= 0.6 is 0 Å². The van der Waals surface area contributed by atoms with E-state index < -0.39 is 74.4 Å². The average Bonchev–Trinajstić information content (AvgIpc) is 2.89. The number of ether oxygens (including phenoxy) is 4. The van der Waals surface area contributed by atoms with Crippen molar-refractivity contribution < 1.29 is 49.3 Å².